The van der Waals surface area contributed by atoms with E-state index in [1.54, 1.807) is 0 Å². The number of ether oxygens (including phenoxy) is 1. The lowest BCUT2D eigenvalue weighted by molar-refractivity contribution is -0.121. The Morgan fingerprint density at radius 3 is 2.81 bits per heavy atom. The summed E-state index contributed by atoms with van der Waals surface area (Å²) in [6, 6.07) is 8.33. The molecule has 1 aliphatic carbocycles. The van der Waals surface area contributed by atoms with Gasteiger partial charge in [-0.1, -0.05) is 32.0 Å². The van der Waals surface area contributed by atoms with Gasteiger partial charge in [0.1, 0.15) is 5.75 Å². The van der Waals surface area contributed by atoms with Crippen molar-refractivity contribution in [3.05, 3.63) is 29.8 Å². The highest BCUT2D eigenvalue weighted by Crippen LogP contribution is 2.36. The number of carbonyl (C=O) groups excluding carboxylic acids is 1. The van der Waals surface area contributed by atoms with E-state index in [0.717, 1.165) is 30.6 Å². The van der Waals surface area contributed by atoms with Crippen LogP contribution in [0.3, 0.4) is 0 Å². The molecule has 1 aromatic carbocycles. The van der Waals surface area contributed by atoms with E-state index >= 15 is 0 Å². The Kier molecular flexibility index (Phi) is 5.27. The quantitative estimate of drug-likeness (QED) is 0.867. The minimum Gasteiger partial charge on any atom is -0.494 e. The van der Waals surface area contributed by atoms with Gasteiger partial charge in [0.05, 0.1) is 6.61 Å². The average Bonchev–Trinajstić information content (AvgIpc) is 2.77. The zero-order valence-electron chi connectivity index (χ0n) is 13.4. The van der Waals surface area contributed by atoms with Crippen molar-refractivity contribution in [2.45, 2.75) is 58.9 Å². The van der Waals surface area contributed by atoms with Crippen molar-refractivity contribution in [1.82, 2.24) is 5.32 Å². The van der Waals surface area contributed by atoms with Crippen molar-refractivity contribution in [1.29, 1.82) is 0 Å². The van der Waals surface area contributed by atoms with Crippen LogP contribution in [0.2, 0.25) is 0 Å². The molecule has 1 aliphatic rings. The molecule has 116 valence electrons. The van der Waals surface area contributed by atoms with E-state index in [9.17, 15) is 4.79 Å². The first-order valence-electron chi connectivity index (χ1n) is 8.00. The summed E-state index contributed by atoms with van der Waals surface area (Å²) in [6.45, 7) is 7.18. The molecule has 1 saturated carbocycles. The summed E-state index contributed by atoms with van der Waals surface area (Å²) in [4.78, 5) is 12.1. The third kappa shape index (κ3) is 4.76. The highest BCUT2D eigenvalue weighted by atomic mass is 16.5. The molecule has 1 atom stereocenters. The fourth-order valence-corrected chi connectivity index (χ4v) is 3.11. The summed E-state index contributed by atoms with van der Waals surface area (Å²) >= 11 is 0. The largest absolute Gasteiger partial charge is 0.494 e. The summed E-state index contributed by atoms with van der Waals surface area (Å²) in [5.74, 6) is 1.05. The van der Waals surface area contributed by atoms with E-state index in [0.29, 0.717) is 24.5 Å². The third-order valence-corrected chi connectivity index (χ3v) is 4.23. The first-order valence-corrected chi connectivity index (χ1v) is 8.00. The van der Waals surface area contributed by atoms with Gasteiger partial charge in [0, 0.05) is 12.5 Å². The molecule has 0 heterocycles. The van der Waals surface area contributed by atoms with Crippen molar-refractivity contribution in [2.24, 2.45) is 5.41 Å². The fourth-order valence-electron chi connectivity index (χ4n) is 3.11. The van der Waals surface area contributed by atoms with Crippen LogP contribution in [-0.2, 0) is 11.2 Å². The Bertz CT molecular complexity index is 482. The molecule has 21 heavy (non-hydrogen) atoms. The van der Waals surface area contributed by atoms with Gasteiger partial charge >= 0.3 is 0 Å². The van der Waals surface area contributed by atoms with Gasteiger partial charge in [-0.2, -0.15) is 0 Å². The van der Waals surface area contributed by atoms with Crippen molar-refractivity contribution in [2.75, 3.05) is 6.61 Å². The SMILES string of the molecule is CCOc1ccccc1CCC(=O)NC1CCC(C)(C)C1. The topological polar surface area (TPSA) is 38.3 Å². The first kappa shape index (κ1) is 15.9. The maximum Gasteiger partial charge on any atom is 0.220 e. The number of hydrogen-bond acceptors (Lipinski definition) is 2. The average molecular weight is 289 g/mol. The van der Waals surface area contributed by atoms with Crippen LogP contribution < -0.4 is 10.1 Å². The van der Waals surface area contributed by atoms with E-state index in [2.05, 4.69) is 19.2 Å². The highest BCUT2D eigenvalue weighted by molar-refractivity contribution is 5.76. The molecule has 1 N–H and O–H groups in total. The first-order chi connectivity index (χ1) is 10.00. The van der Waals surface area contributed by atoms with Crippen LogP contribution in [0, 0.1) is 5.41 Å². The van der Waals surface area contributed by atoms with Gasteiger partial charge in [-0.25, -0.2) is 0 Å². The second-order valence-corrected chi connectivity index (χ2v) is 6.71. The Hall–Kier alpha value is -1.51. The van der Waals surface area contributed by atoms with Gasteiger partial charge in [-0.05, 0) is 49.7 Å². The lowest BCUT2D eigenvalue weighted by Crippen LogP contribution is -2.33. The lowest BCUT2D eigenvalue weighted by Gasteiger charge is -2.18. The molecular formula is C18H27NO2. The van der Waals surface area contributed by atoms with E-state index in [-0.39, 0.29) is 5.91 Å². The van der Waals surface area contributed by atoms with Crippen molar-refractivity contribution in [3.63, 3.8) is 0 Å². The van der Waals surface area contributed by atoms with Gasteiger partial charge < -0.3 is 10.1 Å². The number of carbonyl (C=O) groups is 1. The number of aryl methyl sites for hydroxylation is 1. The van der Waals surface area contributed by atoms with Gasteiger partial charge in [0.25, 0.3) is 0 Å². The number of rotatable bonds is 6. The second-order valence-electron chi connectivity index (χ2n) is 6.71. The summed E-state index contributed by atoms with van der Waals surface area (Å²) in [7, 11) is 0. The van der Waals surface area contributed by atoms with Crippen LogP contribution in [0.5, 0.6) is 5.75 Å². The zero-order valence-corrected chi connectivity index (χ0v) is 13.4. The lowest BCUT2D eigenvalue weighted by atomic mass is 9.92. The van der Waals surface area contributed by atoms with E-state index in [1.165, 1.54) is 6.42 Å². The molecule has 1 fully saturated rings. The Balaban J connectivity index is 1.82. The Morgan fingerprint density at radius 2 is 2.14 bits per heavy atom. The molecule has 1 aromatic rings. The normalized spacial score (nSPS) is 20.2. The van der Waals surface area contributed by atoms with Crippen LogP contribution in [-0.4, -0.2) is 18.6 Å². The minimum absolute atomic E-state index is 0.156. The predicted molar refractivity (Wildman–Crippen MR) is 85.5 cm³/mol. The Morgan fingerprint density at radius 1 is 1.38 bits per heavy atom. The van der Waals surface area contributed by atoms with Gasteiger partial charge in [0.15, 0.2) is 0 Å². The van der Waals surface area contributed by atoms with Crippen LogP contribution in [0.4, 0.5) is 0 Å². The van der Waals surface area contributed by atoms with Gasteiger partial charge in [-0.15, -0.1) is 0 Å². The monoisotopic (exact) mass is 289 g/mol. The van der Waals surface area contributed by atoms with E-state index in [1.807, 2.05) is 31.2 Å². The predicted octanol–water partition coefficient (Wildman–Crippen LogP) is 3.71. The van der Waals surface area contributed by atoms with Gasteiger partial charge in [-0.3, -0.25) is 4.79 Å². The maximum absolute atomic E-state index is 12.1. The molecule has 2 rings (SSSR count). The molecule has 0 bridgehead atoms. The third-order valence-electron chi connectivity index (χ3n) is 4.23. The molecule has 3 heteroatoms. The summed E-state index contributed by atoms with van der Waals surface area (Å²) in [6.07, 6.45) is 4.66. The highest BCUT2D eigenvalue weighted by Gasteiger charge is 2.31. The molecule has 0 spiro atoms. The van der Waals surface area contributed by atoms with Crippen molar-refractivity contribution < 1.29 is 9.53 Å². The second kappa shape index (κ2) is 6.97. The minimum atomic E-state index is 0.156. The standard InChI is InChI=1S/C18H27NO2/c1-4-21-16-8-6-5-7-14(16)9-10-17(20)19-15-11-12-18(2,3)13-15/h5-8,15H,4,9-13H2,1-3H3,(H,19,20). The maximum atomic E-state index is 12.1. The van der Waals surface area contributed by atoms with Crippen molar-refractivity contribution >= 4 is 5.91 Å². The molecule has 3 nitrogen and oxygen atoms in total. The van der Waals surface area contributed by atoms with Crippen molar-refractivity contribution in [3.8, 4) is 5.75 Å². The molecule has 0 radical (unpaired) electrons. The molecule has 0 saturated heterocycles. The molecule has 1 unspecified atom stereocenters. The van der Waals surface area contributed by atoms with E-state index < -0.39 is 0 Å². The molecule has 0 aromatic heterocycles. The number of nitrogens with one attached hydrogen (secondary N) is 1. The van der Waals surface area contributed by atoms with Crippen LogP contribution in [0.25, 0.3) is 0 Å². The summed E-state index contributed by atoms with van der Waals surface area (Å²) in [5.41, 5.74) is 1.49. The fraction of sp³-hybridized carbons (Fsp3) is 0.611. The van der Waals surface area contributed by atoms with Gasteiger partial charge in [0.2, 0.25) is 5.91 Å². The molecule has 1 amide bonds. The summed E-state index contributed by atoms with van der Waals surface area (Å²) in [5, 5.41) is 3.18. The number of hydrogen-bond donors (Lipinski definition) is 1. The number of benzene rings is 1. The van der Waals surface area contributed by atoms with Crippen LogP contribution >= 0.6 is 0 Å². The number of amides is 1. The smallest absolute Gasteiger partial charge is 0.220 e. The molecule has 0 aliphatic heterocycles. The van der Waals surface area contributed by atoms with Crippen LogP contribution in [0.15, 0.2) is 24.3 Å². The zero-order chi connectivity index (χ0) is 15.3. The summed E-state index contributed by atoms with van der Waals surface area (Å²) < 4.78 is 5.60. The Labute approximate surface area is 128 Å². The molecular weight excluding hydrogens is 262 g/mol. The van der Waals surface area contributed by atoms with Crippen LogP contribution in [0.1, 0.15) is 52.0 Å². The van der Waals surface area contributed by atoms with E-state index in [4.69, 9.17) is 4.74 Å². The number of para-hydroxylation sites is 1.